The molecule has 2 aromatic rings. The van der Waals surface area contributed by atoms with Crippen molar-refractivity contribution in [2.45, 2.75) is 44.7 Å². The summed E-state index contributed by atoms with van der Waals surface area (Å²) in [5.74, 6) is -0.492. The van der Waals surface area contributed by atoms with Crippen LogP contribution in [0.1, 0.15) is 37.6 Å². The monoisotopic (exact) mass is 349 g/mol. The molecule has 1 atom stereocenters. The maximum Gasteiger partial charge on any atom is 0.221 e. The van der Waals surface area contributed by atoms with Crippen molar-refractivity contribution >= 4 is 15.7 Å². The quantitative estimate of drug-likeness (QED) is 0.831. The van der Waals surface area contributed by atoms with Crippen LogP contribution >= 0.6 is 0 Å². The minimum Gasteiger partial charge on any atom is -0.349 e. The van der Waals surface area contributed by atoms with E-state index in [1.807, 2.05) is 31.6 Å². The highest BCUT2D eigenvalue weighted by Crippen LogP contribution is 2.16. The molecule has 0 aliphatic carbocycles. The van der Waals surface area contributed by atoms with E-state index >= 15 is 0 Å². The summed E-state index contributed by atoms with van der Waals surface area (Å²) in [6.45, 7) is 6.52. The number of hydrogen-bond donors (Lipinski definition) is 1. The van der Waals surface area contributed by atoms with Crippen molar-refractivity contribution in [1.29, 1.82) is 0 Å². The van der Waals surface area contributed by atoms with Crippen LogP contribution in [-0.4, -0.2) is 29.9 Å². The SMILES string of the molecule is CCn1cc(C(C)NC(=O)CCS(=O)(=O)c2ccccc2)c(C)n1. The second-order valence-electron chi connectivity index (χ2n) is 5.70. The second kappa shape index (κ2) is 7.61. The molecule has 0 saturated carbocycles. The summed E-state index contributed by atoms with van der Waals surface area (Å²) in [7, 11) is -3.44. The van der Waals surface area contributed by atoms with Crippen molar-refractivity contribution in [3.05, 3.63) is 47.8 Å². The fraction of sp³-hybridized carbons (Fsp3) is 0.412. The highest BCUT2D eigenvalue weighted by molar-refractivity contribution is 7.91. The Labute approximate surface area is 142 Å². The number of nitrogens with one attached hydrogen (secondary N) is 1. The first-order valence-electron chi connectivity index (χ1n) is 7.94. The number of rotatable bonds is 7. The maximum absolute atomic E-state index is 12.2. The summed E-state index contributed by atoms with van der Waals surface area (Å²) in [4.78, 5) is 12.3. The lowest BCUT2D eigenvalue weighted by atomic mass is 10.1. The van der Waals surface area contributed by atoms with E-state index < -0.39 is 9.84 Å². The Morgan fingerprint density at radius 1 is 1.29 bits per heavy atom. The average molecular weight is 349 g/mol. The van der Waals surface area contributed by atoms with Gasteiger partial charge in [0, 0.05) is 24.7 Å². The standard InChI is InChI=1S/C17H23N3O3S/c1-4-20-12-16(14(3)19-20)13(2)18-17(21)10-11-24(22,23)15-8-6-5-7-9-15/h5-9,12-13H,4,10-11H2,1-3H3,(H,18,21). The molecule has 24 heavy (non-hydrogen) atoms. The number of benzene rings is 1. The summed E-state index contributed by atoms with van der Waals surface area (Å²) < 4.78 is 26.2. The van der Waals surface area contributed by atoms with Crippen LogP contribution in [0.3, 0.4) is 0 Å². The third-order valence-corrected chi connectivity index (χ3v) is 5.58. The van der Waals surface area contributed by atoms with Gasteiger partial charge < -0.3 is 5.32 Å². The number of hydrogen-bond acceptors (Lipinski definition) is 4. The summed E-state index contributed by atoms with van der Waals surface area (Å²) in [5.41, 5.74) is 1.80. The highest BCUT2D eigenvalue weighted by Gasteiger charge is 2.18. The predicted molar refractivity (Wildman–Crippen MR) is 92.3 cm³/mol. The lowest BCUT2D eigenvalue weighted by Gasteiger charge is -2.13. The van der Waals surface area contributed by atoms with E-state index in [1.165, 1.54) is 0 Å². The van der Waals surface area contributed by atoms with Crippen molar-refractivity contribution in [3.8, 4) is 0 Å². The fourth-order valence-electron chi connectivity index (χ4n) is 2.48. The van der Waals surface area contributed by atoms with Gasteiger partial charge in [0.25, 0.3) is 0 Å². The first-order valence-corrected chi connectivity index (χ1v) is 9.60. The normalized spacial score (nSPS) is 12.8. The van der Waals surface area contributed by atoms with Gasteiger partial charge in [0.05, 0.1) is 22.4 Å². The van der Waals surface area contributed by atoms with Crippen LogP contribution in [0.4, 0.5) is 0 Å². The van der Waals surface area contributed by atoms with Gasteiger partial charge in [-0.3, -0.25) is 9.48 Å². The van der Waals surface area contributed by atoms with Gasteiger partial charge in [0.2, 0.25) is 5.91 Å². The van der Waals surface area contributed by atoms with Gasteiger partial charge >= 0.3 is 0 Å². The van der Waals surface area contributed by atoms with Crippen LogP contribution in [0, 0.1) is 6.92 Å². The molecule has 1 aromatic carbocycles. The highest BCUT2D eigenvalue weighted by atomic mass is 32.2. The summed E-state index contributed by atoms with van der Waals surface area (Å²) >= 11 is 0. The zero-order valence-electron chi connectivity index (χ0n) is 14.2. The van der Waals surface area contributed by atoms with Crippen LogP contribution < -0.4 is 5.32 Å². The number of sulfone groups is 1. The molecule has 1 N–H and O–H groups in total. The molecule has 0 saturated heterocycles. The maximum atomic E-state index is 12.2. The molecule has 1 unspecified atom stereocenters. The van der Waals surface area contributed by atoms with Crippen LogP contribution in [0.15, 0.2) is 41.4 Å². The van der Waals surface area contributed by atoms with Crippen LogP contribution in [0.5, 0.6) is 0 Å². The van der Waals surface area contributed by atoms with Crippen LogP contribution in [0.2, 0.25) is 0 Å². The Kier molecular flexibility index (Phi) is 5.77. The number of nitrogens with zero attached hydrogens (tertiary/aromatic N) is 2. The zero-order chi connectivity index (χ0) is 17.7. The summed E-state index contributed by atoms with van der Waals surface area (Å²) in [5, 5.41) is 7.19. The second-order valence-corrected chi connectivity index (χ2v) is 7.81. The molecule has 0 spiro atoms. The third-order valence-electron chi connectivity index (χ3n) is 3.85. The Balaban J connectivity index is 1.94. The average Bonchev–Trinajstić information content (AvgIpc) is 2.95. The van der Waals surface area contributed by atoms with Gasteiger partial charge in [0.1, 0.15) is 0 Å². The first-order chi connectivity index (χ1) is 11.3. The van der Waals surface area contributed by atoms with E-state index in [0.717, 1.165) is 17.8 Å². The fourth-order valence-corrected chi connectivity index (χ4v) is 3.75. The molecule has 1 aromatic heterocycles. The molecule has 1 heterocycles. The third kappa shape index (κ3) is 4.44. The van der Waals surface area contributed by atoms with E-state index in [2.05, 4.69) is 10.4 Å². The molecule has 6 nitrogen and oxygen atoms in total. The van der Waals surface area contributed by atoms with E-state index in [4.69, 9.17) is 0 Å². The number of carbonyl (C=O) groups excluding carboxylic acids is 1. The van der Waals surface area contributed by atoms with Crippen molar-refractivity contribution < 1.29 is 13.2 Å². The Hall–Kier alpha value is -2.15. The number of aromatic nitrogens is 2. The smallest absolute Gasteiger partial charge is 0.221 e. The van der Waals surface area contributed by atoms with Crippen molar-refractivity contribution in [2.75, 3.05) is 5.75 Å². The Morgan fingerprint density at radius 3 is 2.54 bits per heavy atom. The molecule has 0 fully saturated rings. The minimum atomic E-state index is -3.44. The molecule has 1 amide bonds. The lowest BCUT2D eigenvalue weighted by molar-refractivity contribution is -0.121. The van der Waals surface area contributed by atoms with Crippen LogP contribution in [-0.2, 0) is 21.2 Å². The molecule has 0 radical (unpaired) electrons. The van der Waals surface area contributed by atoms with Crippen LogP contribution in [0.25, 0.3) is 0 Å². The molecule has 0 aliphatic heterocycles. The van der Waals surface area contributed by atoms with Gasteiger partial charge in [-0.25, -0.2) is 8.42 Å². The minimum absolute atomic E-state index is 0.0669. The van der Waals surface area contributed by atoms with E-state index in [1.54, 1.807) is 30.3 Å². The number of amides is 1. The molecule has 0 aliphatic rings. The molecular formula is C17H23N3O3S. The van der Waals surface area contributed by atoms with Crippen molar-refractivity contribution in [1.82, 2.24) is 15.1 Å². The number of aryl methyl sites for hydroxylation is 2. The van der Waals surface area contributed by atoms with Gasteiger partial charge in [-0.2, -0.15) is 5.10 Å². The van der Waals surface area contributed by atoms with E-state index in [9.17, 15) is 13.2 Å². The van der Waals surface area contributed by atoms with Gasteiger partial charge in [-0.1, -0.05) is 18.2 Å². The molecule has 7 heteroatoms. The Morgan fingerprint density at radius 2 is 1.96 bits per heavy atom. The van der Waals surface area contributed by atoms with E-state index in [-0.39, 0.29) is 29.0 Å². The summed E-state index contributed by atoms with van der Waals surface area (Å²) in [6.07, 6.45) is 1.84. The van der Waals surface area contributed by atoms with E-state index in [0.29, 0.717) is 0 Å². The summed E-state index contributed by atoms with van der Waals surface area (Å²) in [6, 6.07) is 7.97. The molecule has 2 rings (SSSR count). The zero-order valence-corrected chi connectivity index (χ0v) is 15.0. The molecular weight excluding hydrogens is 326 g/mol. The largest absolute Gasteiger partial charge is 0.349 e. The van der Waals surface area contributed by atoms with Crippen molar-refractivity contribution in [2.24, 2.45) is 0 Å². The first kappa shape index (κ1) is 18.2. The van der Waals surface area contributed by atoms with Gasteiger partial charge in [-0.15, -0.1) is 0 Å². The van der Waals surface area contributed by atoms with Gasteiger partial charge in [-0.05, 0) is 32.9 Å². The Bertz CT molecular complexity index is 798. The number of carbonyl (C=O) groups is 1. The molecule has 130 valence electrons. The predicted octanol–water partition coefficient (Wildman–Crippen LogP) is 2.25. The molecule has 0 bridgehead atoms. The van der Waals surface area contributed by atoms with Gasteiger partial charge in [0.15, 0.2) is 9.84 Å². The lowest BCUT2D eigenvalue weighted by Crippen LogP contribution is -2.28. The topological polar surface area (TPSA) is 81.1 Å². The van der Waals surface area contributed by atoms with Crippen molar-refractivity contribution in [3.63, 3.8) is 0 Å².